The highest BCUT2D eigenvalue weighted by molar-refractivity contribution is 6.13. The van der Waals surface area contributed by atoms with Gasteiger partial charge in [-0.15, -0.1) is 0 Å². The van der Waals surface area contributed by atoms with Gasteiger partial charge in [0.15, 0.2) is 11.7 Å². The Labute approximate surface area is 171 Å². The Balaban J connectivity index is 1.60. The summed E-state index contributed by atoms with van der Waals surface area (Å²) in [6.45, 7) is 5.58. The molecular weight excluding hydrogens is 385 g/mol. The zero-order chi connectivity index (χ0) is 20.8. The zero-order valence-electron chi connectivity index (χ0n) is 16.6. The summed E-state index contributed by atoms with van der Waals surface area (Å²) in [5.74, 6) is 0.255. The molecule has 4 heterocycles. The van der Waals surface area contributed by atoms with Crippen molar-refractivity contribution in [2.45, 2.75) is 27.0 Å². The second kappa shape index (κ2) is 7.07. The van der Waals surface area contributed by atoms with Crippen molar-refractivity contribution in [1.82, 2.24) is 19.7 Å². The van der Waals surface area contributed by atoms with E-state index in [1.807, 2.05) is 30.7 Å². The fourth-order valence-corrected chi connectivity index (χ4v) is 3.82. The molecule has 1 aliphatic rings. The number of aliphatic imine (C=N–C) groups is 1. The van der Waals surface area contributed by atoms with Crippen molar-refractivity contribution in [1.29, 1.82) is 0 Å². The molecule has 8 heteroatoms. The van der Waals surface area contributed by atoms with Gasteiger partial charge in [-0.2, -0.15) is 5.10 Å². The number of fused-ring (bicyclic) bond motifs is 2. The average Bonchev–Trinajstić information content (AvgIpc) is 3.28. The minimum absolute atomic E-state index is 0.00784. The quantitative estimate of drug-likeness (QED) is 0.499. The number of pyridine rings is 1. The van der Waals surface area contributed by atoms with Crippen molar-refractivity contribution in [3.8, 4) is 17.1 Å². The van der Waals surface area contributed by atoms with E-state index < -0.39 is 0 Å². The van der Waals surface area contributed by atoms with Gasteiger partial charge in [0, 0.05) is 17.0 Å². The van der Waals surface area contributed by atoms with E-state index in [0.717, 1.165) is 16.6 Å². The van der Waals surface area contributed by atoms with E-state index in [9.17, 15) is 9.50 Å². The van der Waals surface area contributed by atoms with Crippen molar-refractivity contribution in [3.05, 3.63) is 59.2 Å². The van der Waals surface area contributed by atoms with E-state index >= 15 is 0 Å². The van der Waals surface area contributed by atoms with Crippen LogP contribution in [0.2, 0.25) is 0 Å². The third-order valence-electron chi connectivity index (χ3n) is 5.33. The molecule has 0 atom stereocenters. The summed E-state index contributed by atoms with van der Waals surface area (Å²) in [5.41, 5.74) is 5.09. The predicted molar refractivity (Wildman–Crippen MR) is 112 cm³/mol. The molecule has 1 aliphatic heterocycles. The first-order valence-corrected chi connectivity index (χ1v) is 9.67. The first-order valence-electron chi connectivity index (χ1n) is 9.67. The molecule has 0 bridgehead atoms. The van der Waals surface area contributed by atoms with Crippen LogP contribution >= 0.6 is 0 Å². The number of nitrogens with zero attached hydrogens (tertiary/aromatic N) is 4. The number of nitrogens with one attached hydrogen (secondary N) is 1. The van der Waals surface area contributed by atoms with Crippen LogP contribution in [0.4, 0.5) is 10.2 Å². The first-order chi connectivity index (χ1) is 14.5. The number of ether oxygens (including phenoxy) is 1. The number of hydrogen-bond donors (Lipinski definition) is 2. The number of halogens is 1. The Kier molecular flexibility index (Phi) is 4.36. The summed E-state index contributed by atoms with van der Waals surface area (Å²) < 4.78 is 21.1. The van der Waals surface area contributed by atoms with Gasteiger partial charge in [0.25, 0.3) is 0 Å². The lowest BCUT2D eigenvalue weighted by Crippen LogP contribution is -2.16. The van der Waals surface area contributed by atoms with E-state index in [-0.39, 0.29) is 11.7 Å². The van der Waals surface area contributed by atoms with E-state index in [1.54, 1.807) is 12.3 Å². The summed E-state index contributed by atoms with van der Waals surface area (Å²) in [7, 11) is 0. The van der Waals surface area contributed by atoms with Crippen LogP contribution in [-0.2, 0) is 17.9 Å². The molecule has 30 heavy (non-hydrogen) atoms. The van der Waals surface area contributed by atoms with Crippen LogP contribution in [0.15, 0.2) is 41.5 Å². The molecule has 152 valence electrons. The van der Waals surface area contributed by atoms with E-state index in [1.165, 1.54) is 12.1 Å². The highest BCUT2D eigenvalue weighted by atomic mass is 19.1. The molecule has 2 N–H and O–H groups in total. The lowest BCUT2D eigenvalue weighted by Gasteiger charge is -2.12. The van der Waals surface area contributed by atoms with Gasteiger partial charge in [-0.1, -0.05) is 6.07 Å². The van der Waals surface area contributed by atoms with E-state index in [0.29, 0.717) is 53.6 Å². The normalized spacial score (nSPS) is 14.3. The minimum atomic E-state index is -0.319. The molecule has 0 unspecified atom stereocenters. The van der Waals surface area contributed by atoms with Crippen LogP contribution in [0.25, 0.3) is 22.2 Å². The zero-order valence-corrected chi connectivity index (χ0v) is 16.6. The summed E-state index contributed by atoms with van der Waals surface area (Å²) in [6, 6.07) is 8.35. The van der Waals surface area contributed by atoms with Crippen LogP contribution in [0, 0.1) is 12.7 Å². The third kappa shape index (κ3) is 3.15. The van der Waals surface area contributed by atoms with Crippen LogP contribution in [0.1, 0.15) is 23.7 Å². The van der Waals surface area contributed by atoms with Crippen molar-refractivity contribution >= 4 is 22.4 Å². The van der Waals surface area contributed by atoms with Gasteiger partial charge in [0.2, 0.25) is 0 Å². The van der Waals surface area contributed by atoms with Gasteiger partial charge in [0.1, 0.15) is 5.82 Å². The SMILES string of the molecule is CC(=Nc1cc2n(n1)CCOC2)c1c(O)[nH]c2cnc(-c3cc(F)ccc3C)cc12. The number of aryl methyl sites for hydroxylation is 1. The fraction of sp³-hybridized carbons (Fsp3) is 0.227. The van der Waals surface area contributed by atoms with Crippen molar-refractivity contribution in [2.75, 3.05) is 6.61 Å². The van der Waals surface area contributed by atoms with Crippen LogP contribution in [0.3, 0.4) is 0 Å². The Morgan fingerprint density at radius 3 is 3.00 bits per heavy atom. The summed E-state index contributed by atoms with van der Waals surface area (Å²) in [4.78, 5) is 12.0. The number of aromatic nitrogens is 4. The molecule has 3 aromatic heterocycles. The largest absolute Gasteiger partial charge is 0.494 e. The van der Waals surface area contributed by atoms with Crippen molar-refractivity contribution < 1.29 is 14.2 Å². The van der Waals surface area contributed by atoms with Crippen LogP contribution < -0.4 is 0 Å². The smallest absolute Gasteiger partial charge is 0.198 e. The topological polar surface area (TPSA) is 88.3 Å². The molecule has 4 aromatic rings. The molecule has 0 fully saturated rings. The van der Waals surface area contributed by atoms with Crippen LogP contribution in [-0.4, -0.2) is 37.2 Å². The van der Waals surface area contributed by atoms with Crippen molar-refractivity contribution in [2.24, 2.45) is 4.99 Å². The number of benzene rings is 1. The van der Waals surface area contributed by atoms with E-state index in [2.05, 4.69) is 20.1 Å². The number of rotatable bonds is 3. The maximum Gasteiger partial charge on any atom is 0.198 e. The van der Waals surface area contributed by atoms with E-state index in [4.69, 9.17) is 4.74 Å². The maximum absolute atomic E-state index is 13.8. The number of aromatic amines is 1. The molecular formula is C22H20FN5O2. The lowest BCUT2D eigenvalue weighted by atomic mass is 10.0. The van der Waals surface area contributed by atoms with Crippen LogP contribution in [0.5, 0.6) is 5.88 Å². The number of hydrogen-bond acceptors (Lipinski definition) is 5. The third-order valence-corrected chi connectivity index (χ3v) is 5.33. The van der Waals surface area contributed by atoms with Gasteiger partial charge in [0.05, 0.1) is 54.1 Å². The summed E-state index contributed by atoms with van der Waals surface area (Å²) in [5, 5.41) is 15.8. The van der Waals surface area contributed by atoms with Gasteiger partial charge in [-0.3, -0.25) is 9.67 Å². The van der Waals surface area contributed by atoms with Gasteiger partial charge in [-0.05, 0) is 37.6 Å². The first kappa shape index (κ1) is 18.5. The summed E-state index contributed by atoms with van der Waals surface area (Å²) >= 11 is 0. The second-order valence-electron chi connectivity index (χ2n) is 7.39. The molecule has 1 aromatic carbocycles. The molecule has 0 spiro atoms. The Hall–Kier alpha value is -3.52. The molecule has 0 aliphatic carbocycles. The highest BCUT2D eigenvalue weighted by Crippen LogP contribution is 2.32. The lowest BCUT2D eigenvalue weighted by molar-refractivity contribution is 0.0801. The van der Waals surface area contributed by atoms with Gasteiger partial charge in [-0.25, -0.2) is 9.38 Å². The minimum Gasteiger partial charge on any atom is -0.494 e. The molecule has 0 radical (unpaired) electrons. The molecule has 0 saturated heterocycles. The highest BCUT2D eigenvalue weighted by Gasteiger charge is 2.18. The number of H-pyrrole nitrogens is 1. The Morgan fingerprint density at radius 1 is 1.30 bits per heavy atom. The molecule has 0 amide bonds. The fourth-order valence-electron chi connectivity index (χ4n) is 3.82. The molecule has 0 saturated carbocycles. The summed E-state index contributed by atoms with van der Waals surface area (Å²) in [6.07, 6.45) is 1.64. The maximum atomic E-state index is 13.8. The Bertz CT molecular complexity index is 1280. The van der Waals surface area contributed by atoms with Gasteiger partial charge >= 0.3 is 0 Å². The monoisotopic (exact) mass is 405 g/mol. The molecule has 7 nitrogen and oxygen atoms in total. The molecule has 5 rings (SSSR count). The van der Waals surface area contributed by atoms with Gasteiger partial charge < -0.3 is 14.8 Å². The Morgan fingerprint density at radius 2 is 2.17 bits per heavy atom. The standard InChI is InChI=1S/C22H20FN5O2/c1-12-3-4-14(23)7-16(12)18-9-17-19(10-24-18)26-22(29)21(17)13(2)25-20-8-15-11-30-6-5-28(15)27-20/h3-4,7-10,26,29H,5-6,11H2,1-2H3. The predicted octanol–water partition coefficient (Wildman–Crippen LogP) is 4.25. The number of aromatic hydroxyl groups is 1. The second-order valence-corrected chi connectivity index (χ2v) is 7.39. The average molecular weight is 405 g/mol. The van der Waals surface area contributed by atoms with Crippen molar-refractivity contribution in [3.63, 3.8) is 0 Å².